The molecule has 0 radical (unpaired) electrons. The van der Waals surface area contributed by atoms with Gasteiger partial charge in [-0.2, -0.15) is 0 Å². The van der Waals surface area contributed by atoms with Crippen molar-refractivity contribution in [1.29, 1.82) is 0 Å². The number of carbonyl (C=O) groups is 2. The van der Waals surface area contributed by atoms with Crippen LogP contribution in [-0.2, 0) is 20.8 Å². The quantitative estimate of drug-likeness (QED) is 0.745. The highest BCUT2D eigenvalue weighted by Crippen LogP contribution is 2.36. The number of amides is 1. The molecule has 0 spiro atoms. The molecule has 0 aliphatic carbocycles. The number of ether oxygens (including phenoxy) is 2. The zero-order valence-corrected chi connectivity index (χ0v) is 12.4. The van der Waals surface area contributed by atoms with Gasteiger partial charge in [0.25, 0.3) is 5.91 Å². The van der Waals surface area contributed by atoms with Crippen LogP contribution in [-0.4, -0.2) is 57.5 Å². The SMILES string of the molecule is COC(=O)C(O)c1cn2c(c1O)C(=O)N1[C@H](C)CCO[C@H]1C2. The fourth-order valence-electron chi connectivity index (χ4n) is 3.01. The molecule has 1 aromatic rings. The highest BCUT2D eigenvalue weighted by atomic mass is 16.5. The van der Waals surface area contributed by atoms with Crippen molar-refractivity contribution in [2.75, 3.05) is 13.7 Å². The van der Waals surface area contributed by atoms with Crippen LogP contribution in [0.25, 0.3) is 0 Å². The van der Waals surface area contributed by atoms with E-state index in [4.69, 9.17) is 4.74 Å². The van der Waals surface area contributed by atoms with Crippen molar-refractivity contribution < 1.29 is 29.3 Å². The van der Waals surface area contributed by atoms with E-state index in [1.54, 1.807) is 4.90 Å². The van der Waals surface area contributed by atoms with Crippen LogP contribution in [0.5, 0.6) is 5.75 Å². The predicted octanol–water partition coefficient (Wildman–Crippen LogP) is -0.00920. The minimum absolute atomic E-state index is 0.00304. The van der Waals surface area contributed by atoms with Gasteiger partial charge in [0, 0.05) is 12.2 Å². The molecule has 0 saturated carbocycles. The van der Waals surface area contributed by atoms with E-state index >= 15 is 0 Å². The molecule has 1 saturated heterocycles. The Balaban J connectivity index is 2.01. The lowest BCUT2D eigenvalue weighted by molar-refractivity contribution is -0.150. The van der Waals surface area contributed by atoms with Gasteiger partial charge in [0.15, 0.2) is 18.1 Å². The first-order chi connectivity index (χ1) is 10.5. The number of hydrogen-bond acceptors (Lipinski definition) is 6. The fourth-order valence-corrected chi connectivity index (χ4v) is 3.01. The molecule has 3 atom stereocenters. The van der Waals surface area contributed by atoms with E-state index in [2.05, 4.69) is 4.74 Å². The number of fused-ring (bicyclic) bond motifs is 2. The Kier molecular flexibility index (Phi) is 3.57. The Bertz CT molecular complexity index is 625. The number of methoxy groups -OCH3 is 1. The number of aliphatic hydroxyl groups is 1. The summed E-state index contributed by atoms with van der Waals surface area (Å²) in [4.78, 5) is 25.7. The van der Waals surface area contributed by atoms with Crippen molar-refractivity contribution in [1.82, 2.24) is 9.47 Å². The largest absolute Gasteiger partial charge is 0.505 e. The van der Waals surface area contributed by atoms with Crippen molar-refractivity contribution in [3.05, 3.63) is 17.5 Å². The van der Waals surface area contributed by atoms with Gasteiger partial charge >= 0.3 is 5.97 Å². The summed E-state index contributed by atoms with van der Waals surface area (Å²) in [7, 11) is 1.14. The van der Waals surface area contributed by atoms with Crippen molar-refractivity contribution in [3.8, 4) is 5.75 Å². The van der Waals surface area contributed by atoms with E-state index in [0.717, 1.165) is 13.5 Å². The number of rotatable bonds is 2. The predicted molar refractivity (Wildman–Crippen MR) is 73.1 cm³/mol. The van der Waals surface area contributed by atoms with E-state index in [9.17, 15) is 19.8 Å². The molecule has 1 amide bonds. The standard InChI is InChI=1S/C14H18N2O6/c1-7-3-4-22-9-6-15-5-8(12(18)14(20)21-2)11(17)10(15)13(19)16(7)9/h5,7,9,12,17-18H,3-4,6H2,1-2H3/t7-,9+,12?/m1/s1. The maximum Gasteiger partial charge on any atom is 0.339 e. The molecule has 3 rings (SSSR count). The summed E-state index contributed by atoms with van der Waals surface area (Å²) in [5.41, 5.74) is 0.0225. The second-order valence-corrected chi connectivity index (χ2v) is 5.54. The van der Waals surface area contributed by atoms with Crippen LogP contribution < -0.4 is 0 Å². The van der Waals surface area contributed by atoms with Crippen molar-refractivity contribution in [2.24, 2.45) is 0 Å². The number of aromatic nitrogens is 1. The molecular formula is C14H18N2O6. The molecule has 8 nitrogen and oxygen atoms in total. The first-order valence-electron chi connectivity index (χ1n) is 7.07. The summed E-state index contributed by atoms with van der Waals surface area (Å²) in [6.45, 7) is 2.83. The number of nitrogens with zero attached hydrogens (tertiary/aromatic N) is 2. The molecule has 0 bridgehead atoms. The Hall–Kier alpha value is -2.06. The van der Waals surface area contributed by atoms with Gasteiger partial charge < -0.3 is 29.2 Å². The number of hydrogen-bond donors (Lipinski definition) is 2. The van der Waals surface area contributed by atoms with E-state index in [0.29, 0.717) is 13.2 Å². The van der Waals surface area contributed by atoms with Crippen LogP contribution in [0.4, 0.5) is 0 Å². The molecule has 0 aromatic carbocycles. The van der Waals surface area contributed by atoms with Gasteiger partial charge in [-0.25, -0.2) is 4.79 Å². The minimum Gasteiger partial charge on any atom is -0.505 e. The van der Waals surface area contributed by atoms with E-state index in [1.165, 1.54) is 10.8 Å². The second kappa shape index (κ2) is 5.29. The summed E-state index contributed by atoms with van der Waals surface area (Å²) < 4.78 is 11.6. The summed E-state index contributed by atoms with van der Waals surface area (Å²) >= 11 is 0. The Morgan fingerprint density at radius 2 is 2.27 bits per heavy atom. The number of carbonyl (C=O) groups excluding carboxylic acids is 2. The van der Waals surface area contributed by atoms with Crippen LogP contribution in [0.2, 0.25) is 0 Å². The third kappa shape index (κ3) is 2.06. The van der Waals surface area contributed by atoms with Crippen molar-refractivity contribution in [3.63, 3.8) is 0 Å². The molecule has 3 heterocycles. The van der Waals surface area contributed by atoms with Crippen LogP contribution in [0.3, 0.4) is 0 Å². The molecular weight excluding hydrogens is 292 g/mol. The van der Waals surface area contributed by atoms with Gasteiger partial charge in [0.05, 0.1) is 25.8 Å². The average molecular weight is 310 g/mol. The number of aromatic hydroxyl groups is 1. The monoisotopic (exact) mass is 310 g/mol. The maximum atomic E-state index is 12.6. The normalized spacial score (nSPS) is 25.4. The molecule has 1 fully saturated rings. The van der Waals surface area contributed by atoms with E-state index in [-0.39, 0.29) is 29.0 Å². The average Bonchev–Trinajstić information content (AvgIpc) is 2.83. The van der Waals surface area contributed by atoms with Gasteiger partial charge in [-0.05, 0) is 13.3 Å². The molecule has 22 heavy (non-hydrogen) atoms. The molecule has 120 valence electrons. The highest BCUT2D eigenvalue weighted by molar-refractivity contribution is 5.97. The third-order valence-electron chi connectivity index (χ3n) is 4.22. The summed E-state index contributed by atoms with van der Waals surface area (Å²) in [6, 6.07) is 0.00304. The Labute approximate surface area is 126 Å². The van der Waals surface area contributed by atoms with E-state index in [1.807, 2.05) is 6.92 Å². The smallest absolute Gasteiger partial charge is 0.339 e. The summed E-state index contributed by atoms with van der Waals surface area (Å²) in [5, 5.41) is 20.2. The van der Waals surface area contributed by atoms with Crippen LogP contribution >= 0.6 is 0 Å². The third-order valence-corrected chi connectivity index (χ3v) is 4.22. The van der Waals surface area contributed by atoms with Gasteiger partial charge in [-0.3, -0.25) is 4.79 Å². The molecule has 1 aromatic heterocycles. The topological polar surface area (TPSA) is 101 Å². The molecule has 2 N–H and O–H groups in total. The lowest BCUT2D eigenvalue weighted by atomic mass is 10.1. The van der Waals surface area contributed by atoms with Gasteiger partial charge in [0.1, 0.15) is 5.69 Å². The fraction of sp³-hybridized carbons (Fsp3) is 0.571. The van der Waals surface area contributed by atoms with Gasteiger partial charge in [-0.1, -0.05) is 0 Å². The Morgan fingerprint density at radius 1 is 1.55 bits per heavy atom. The molecule has 1 unspecified atom stereocenters. The first kappa shape index (κ1) is 14.9. The summed E-state index contributed by atoms with van der Waals surface area (Å²) in [6.07, 6.45) is 0.0795. The van der Waals surface area contributed by atoms with Crippen LogP contribution in [0.15, 0.2) is 6.20 Å². The van der Waals surface area contributed by atoms with Gasteiger partial charge in [-0.15, -0.1) is 0 Å². The lowest BCUT2D eigenvalue weighted by Gasteiger charge is -2.43. The zero-order valence-electron chi connectivity index (χ0n) is 12.4. The number of esters is 1. The van der Waals surface area contributed by atoms with Crippen molar-refractivity contribution >= 4 is 11.9 Å². The lowest BCUT2D eigenvalue weighted by Crippen LogP contribution is -2.56. The van der Waals surface area contributed by atoms with E-state index < -0.39 is 18.3 Å². The number of aliphatic hydroxyl groups excluding tert-OH is 1. The van der Waals surface area contributed by atoms with Gasteiger partial charge in [0.2, 0.25) is 0 Å². The highest BCUT2D eigenvalue weighted by Gasteiger charge is 2.42. The zero-order chi connectivity index (χ0) is 16.0. The van der Waals surface area contributed by atoms with Crippen LogP contribution in [0.1, 0.15) is 35.5 Å². The minimum atomic E-state index is -1.63. The molecule has 2 aliphatic heterocycles. The molecule has 8 heteroatoms. The Morgan fingerprint density at radius 3 is 2.95 bits per heavy atom. The first-order valence-corrected chi connectivity index (χ1v) is 7.07. The summed E-state index contributed by atoms with van der Waals surface area (Å²) in [5.74, 6) is -1.66. The second-order valence-electron chi connectivity index (χ2n) is 5.54. The van der Waals surface area contributed by atoms with Crippen molar-refractivity contribution in [2.45, 2.75) is 38.3 Å². The molecule has 2 aliphatic rings. The maximum absolute atomic E-state index is 12.6. The van der Waals surface area contributed by atoms with Crippen LogP contribution in [0, 0.1) is 0 Å².